The molecule has 8 aliphatic rings. The minimum atomic E-state index is -0.909. The van der Waals surface area contributed by atoms with E-state index >= 15 is 0 Å². The normalized spacial score (nSPS) is 49.0. The first-order chi connectivity index (χ1) is 22.4. The largest absolute Gasteiger partial charge is 0.377 e. The van der Waals surface area contributed by atoms with Crippen LogP contribution in [0.15, 0.2) is 27.9 Å². The van der Waals surface area contributed by atoms with E-state index in [9.17, 15) is 15.0 Å². The Morgan fingerprint density at radius 3 is 2.11 bits per heavy atom. The molecule has 2 N–H and O–H groups in total. The molecule has 8 aliphatic carbocycles. The Bertz CT molecular complexity index is 1620. The van der Waals surface area contributed by atoms with Crippen molar-refractivity contribution in [2.45, 2.75) is 128 Å². The molecule has 47 heavy (non-hydrogen) atoms. The Labute approximate surface area is 281 Å². The summed E-state index contributed by atoms with van der Waals surface area (Å²) in [5, 5.41) is 26.0. The molecule has 6 fully saturated rings. The van der Waals surface area contributed by atoms with E-state index in [-0.39, 0.29) is 16.2 Å². The third-order valence-electron chi connectivity index (χ3n) is 16.4. The molecule has 1 heterocycles. The number of fused-ring (bicyclic) bond motifs is 11. The molecule has 0 radical (unpaired) electrons. The van der Waals surface area contributed by atoms with E-state index in [0.29, 0.717) is 47.2 Å². The molecule has 5 heteroatoms. The monoisotopic (exact) mass is 635 g/mol. The topological polar surface area (TPSA) is 83.6 Å². The highest BCUT2D eigenvalue weighted by Crippen LogP contribution is 2.68. The van der Waals surface area contributed by atoms with Crippen LogP contribution >= 0.6 is 0 Å². The molecule has 0 aromatic carbocycles. The number of ketones is 1. The van der Waals surface area contributed by atoms with Gasteiger partial charge in [0.1, 0.15) is 11.2 Å². The molecule has 0 aliphatic heterocycles. The van der Waals surface area contributed by atoms with Crippen LogP contribution in [0.1, 0.15) is 122 Å². The number of carbonyl (C=O) groups is 1. The van der Waals surface area contributed by atoms with Crippen molar-refractivity contribution in [1.82, 2.24) is 5.16 Å². The lowest BCUT2D eigenvalue weighted by atomic mass is 9.46. The SMILES string of the molecule is C#C[C@]1(O)CC[C@H]2[C@@H]3CCC4=CC(=O)CC[C@@H]4[C@H]3CC[C@@]21C.C#C[C@]1(O)CC[C@H]2[C@@H]3CCC4=Cc5oncc5C[C@]4(C)[C@H]3CC[C@@]21C. The highest BCUT2D eigenvalue weighted by molar-refractivity contribution is 5.91. The van der Waals surface area contributed by atoms with Gasteiger partial charge in [0.05, 0.1) is 6.20 Å². The van der Waals surface area contributed by atoms with E-state index < -0.39 is 11.2 Å². The molecular weight excluding hydrogens is 582 g/mol. The van der Waals surface area contributed by atoms with Crippen molar-refractivity contribution in [3.63, 3.8) is 0 Å². The first kappa shape index (κ1) is 31.7. The fourth-order valence-electron chi connectivity index (χ4n) is 13.6. The first-order valence-corrected chi connectivity index (χ1v) is 18.7. The summed E-state index contributed by atoms with van der Waals surface area (Å²) in [7, 11) is 0. The summed E-state index contributed by atoms with van der Waals surface area (Å²) in [6.07, 6.45) is 33.1. The number of aliphatic hydroxyl groups is 2. The van der Waals surface area contributed by atoms with E-state index in [4.69, 9.17) is 17.4 Å². The predicted molar refractivity (Wildman–Crippen MR) is 182 cm³/mol. The summed E-state index contributed by atoms with van der Waals surface area (Å²) in [6.45, 7) is 6.94. The number of rotatable bonds is 0. The quantitative estimate of drug-likeness (QED) is 0.285. The summed E-state index contributed by atoms with van der Waals surface area (Å²) in [5.74, 6) is 11.3. The third kappa shape index (κ3) is 4.31. The van der Waals surface area contributed by atoms with Crippen LogP contribution in [0.4, 0.5) is 0 Å². The van der Waals surface area contributed by atoms with Gasteiger partial charge in [-0.15, -0.1) is 12.8 Å². The maximum absolute atomic E-state index is 11.7. The highest BCUT2D eigenvalue weighted by Gasteiger charge is 2.64. The highest BCUT2D eigenvalue weighted by atomic mass is 16.5. The van der Waals surface area contributed by atoms with Crippen molar-refractivity contribution >= 4 is 11.9 Å². The van der Waals surface area contributed by atoms with E-state index in [0.717, 1.165) is 89.2 Å². The molecule has 9 rings (SSSR count). The minimum absolute atomic E-state index is 0.103. The third-order valence-corrected chi connectivity index (χ3v) is 16.4. The summed E-state index contributed by atoms with van der Waals surface area (Å²) >= 11 is 0. The zero-order chi connectivity index (χ0) is 33.0. The average molecular weight is 636 g/mol. The number of aromatic nitrogens is 1. The van der Waals surface area contributed by atoms with Crippen LogP contribution in [0, 0.1) is 82.4 Å². The second kappa shape index (κ2) is 10.7. The molecule has 250 valence electrons. The van der Waals surface area contributed by atoms with Crippen molar-refractivity contribution in [3.05, 3.63) is 34.7 Å². The number of terminal acetylenes is 2. The van der Waals surface area contributed by atoms with E-state index in [1.54, 1.807) is 5.57 Å². The second-order valence-corrected chi connectivity index (χ2v) is 17.7. The molecule has 0 spiro atoms. The molecule has 0 amide bonds. The van der Waals surface area contributed by atoms with Crippen LogP contribution in [0.2, 0.25) is 0 Å². The van der Waals surface area contributed by atoms with Gasteiger partial charge in [0.15, 0.2) is 11.5 Å². The van der Waals surface area contributed by atoms with Gasteiger partial charge in [-0.3, -0.25) is 4.79 Å². The van der Waals surface area contributed by atoms with Crippen LogP contribution in [0.3, 0.4) is 0 Å². The molecule has 0 bridgehead atoms. The zero-order valence-electron chi connectivity index (χ0n) is 28.7. The van der Waals surface area contributed by atoms with Crippen molar-refractivity contribution < 1.29 is 19.5 Å². The minimum Gasteiger partial charge on any atom is -0.377 e. The molecule has 0 unspecified atom stereocenters. The van der Waals surface area contributed by atoms with E-state index in [2.05, 4.69) is 43.8 Å². The van der Waals surface area contributed by atoms with Crippen molar-refractivity contribution in [2.75, 3.05) is 0 Å². The van der Waals surface area contributed by atoms with Gasteiger partial charge in [-0.25, -0.2) is 0 Å². The summed E-state index contributed by atoms with van der Waals surface area (Å²) in [4.78, 5) is 11.7. The fraction of sp³-hybridized carbons (Fsp3) is 0.714. The van der Waals surface area contributed by atoms with Crippen molar-refractivity contribution in [2.24, 2.45) is 57.7 Å². The maximum atomic E-state index is 11.7. The Kier molecular flexibility index (Phi) is 7.21. The molecule has 1 aromatic heterocycles. The Balaban J connectivity index is 0.000000139. The standard InChI is InChI=1S/C22H27NO2.C20H26O2/c1-4-22(24)10-8-18-16-6-5-15-11-19-14(13-23-25-19)12-20(15,2)17(16)7-9-21(18,22)3;1-3-20(22)11-9-18-17-6-4-13-12-14(21)5-7-15(13)16(17)8-10-19(18,20)2/h1,11,13,16-18,24H,5-10,12H2,2-3H3;1,12,15-18,22H,4-11H2,2H3/t16-,17+,18+,20+,21+,22+;15-,16+,17+,18-,19-,20-/m10/s1. The van der Waals surface area contributed by atoms with Gasteiger partial charge in [0.2, 0.25) is 0 Å². The van der Waals surface area contributed by atoms with Gasteiger partial charge in [0, 0.05) is 22.8 Å². The number of carbonyl (C=O) groups excluding carboxylic acids is 1. The molecule has 12 atom stereocenters. The van der Waals surface area contributed by atoms with Crippen molar-refractivity contribution in [1.29, 1.82) is 0 Å². The van der Waals surface area contributed by atoms with Gasteiger partial charge in [-0.05, 0) is 149 Å². The average Bonchev–Trinajstić information content (AvgIpc) is 3.71. The van der Waals surface area contributed by atoms with Gasteiger partial charge in [-0.1, -0.05) is 48.9 Å². The molecule has 5 nitrogen and oxygen atoms in total. The lowest BCUT2D eigenvalue weighted by Gasteiger charge is -2.58. The Morgan fingerprint density at radius 2 is 1.40 bits per heavy atom. The Morgan fingerprint density at radius 1 is 0.766 bits per heavy atom. The maximum Gasteiger partial charge on any atom is 0.162 e. The lowest BCUT2D eigenvalue weighted by molar-refractivity contribution is -0.116. The van der Waals surface area contributed by atoms with Gasteiger partial charge in [0.25, 0.3) is 0 Å². The molecule has 6 saturated carbocycles. The van der Waals surface area contributed by atoms with Crippen LogP contribution in [-0.4, -0.2) is 32.4 Å². The molecule has 0 saturated heterocycles. The molecule has 1 aromatic rings. The van der Waals surface area contributed by atoms with Gasteiger partial charge in [-0.2, -0.15) is 0 Å². The van der Waals surface area contributed by atoms with E-state index in [1.807, 2.05) is 12.3 Å². The van der Waals surface area contributed by atoms with Crippen molar-refractivity contribution in [3.8, 4) is 24.7 Å². The smallest absolute Gasteiger partial charge is 0.162 e. The second-order valence-electron chi connectivity index (χ2n) is 17.7. The number of hydrogen-bond donors (Lipinski definition) is 2. The van der Waals surface area contributed by atoms with E-state index in [1.165, 1.54) is 24.0 Å². The zero-order valence-corrected chi connectivity index (χ0v) is 28.7. The Hall–Kier alpha value is -2.60. The number of nitrogens with zero attached hydrogens (tertiary/aromatic N) is 1. The lowest BCUT2D eigenvalue weighted by Crippen LogP contribution is -2.54. The fourth-order valence-corrected chi connectivity index (χ4v) is 13.6. The van der Waals surface area contributed by atoms with Gasteiger partial charge >= 0.3 is 0 Å². The van der Waals surface area contributed by atoms with Crippen LogP contribution in [-0.2, 0) is 11.2 Å². The summed E-state index contributed by atoms with van der Waals surface area (Å²) in [6, 6.07) is 0. The van der Waals surface area contributed by atoms with Crippen LogP contribution < -0.4 is 0 Å². The summed E-state index contributed by atoms with van der Waals surface area (Å²) in [5.41, 5.74) is 2.41. The first-order valence-electron chi connectivity index (χ1n) is 18.7. The summed E-state index contributed by atoms with van der Waals surface area (Å²) < 4.78 is 5.43. The number of hydrogen-bond acceptors (Lipinski definition) is 5. The van der Waals surface area contributed by atoms with Crippen LogP contribution in [0.5, 0.6) is 0 Å². The number of allylic oxidation sites excluding steroid dienone is 2. The van der Waals surface area contributed by atoms with Gasteiger partial charge < -0.3 is 14.7 Å². The van der Waals surface area contributed by atoms with Crippen LogP contribution in [0.25, 0.3) is 6.08 Å². The predicted octanol–water partition coefficient (Wildman–Crippen LogP) is 7.71. The molecular formula is C42H53NO4.